The summed E-state index contributed by atoms with van der Waals surface area (Å²) in [5, 5.41) is 9.58. The zero-order valence-electron chi connectivity index (χ0n) is 11.0. The quantitative estimate of drug-likeness (QED) is 0.843. The van der Waals surface area contributed by atoms with Crippen molar-refractivity contribution in [2.24, 2.45) is 5.73 Å². The fourth-order valence-corrected chi connectivity index (χ4v) is 3.24. The minimum Gasteiger partial charge on any atom is -0.393 e. The van der Waals surface area contributed by atoms with Crippen molar-refractivity contribution in [3.8, 4) is 0 Å². The van der Waals surface area contributed by atoms with Gasteiger partial charge in [0.15, 0.2) is 0 Å². The lowest BCUT2D eigenvalue weighted by Gasteiger charge is -2.33. The lowest BCUT2D eigenvalue weighted by atomic mass is 9.92. The van der Waals surface area contributed by atoms with Crippen molar-refractivity contribution in [2.45, 2.75) is 50.8 Å². The Balaban J connectivity index is 1.86. The van der Waals surface area contributed by atoms with E-state index < -0.39 is 0 Å². The first-order valence-corrected chi connectivity index (χ1v) is 7.01. The zero-order chi connectivity index (χ0) is 13.4. The van der Waals surface area contributed by atoms with Crippen molar-refractivity contribution in [1.82, 2.24) is 0 Å². The standard InChI is InChI=1S/C15H20N2O2/c16-9-10-1-6-14-11(7-10)8-15(19)17(14)12-2-4-13(18)5-3-12/h1,6-7,12-13,18H,2-5,8-9,16H2. The number of nitrogens with two attached hydrogens (primary N) is 1. The Bertz CT molecular complexity index is 493. The summed E-state index contributed by atoms with van der Waals surface area (Å²) in [6.45, 7) is 0.511. The van der Waals surface area contributed by atoms with Gasteiger partial charge in [0.25, 0.3) is 0 Å². The Labute approximate surface area is 113 Å². The summed E-state index contributed by atoms with van der Waals surface area (Å²) in [7, 11) is 0. The molecule has 1 fully saturated rings. The second kappa shape index (κ2) is 4.94. The summed E-state index contributed by atoms with van der Waals surface area (Å²) in [6.07, 6.45) is 3.68. The van der Waals surface area contributed by atoms with E-state index in [1.54, 1.807) is 0 Å². The molecule has 1 heterocycles. The van der Waals surface area contributed by atoms with Crippen molar-refractivity contribution in [2.75, 3.05) is 4.90 Å². The van der Waals surface area contributed by atoms with Crippen molar-refractivity contribution in [3.63, 3.8) is 0 Å². The average molecular weight is 260 g/mol. The predicted molar refractivity (Wildman–Crippen MR) is 73.8 cm³/mol. The van der Waals surface area contributed by atoms with E-state index in [-0.39, 0.29) is 18.1 Å². The second-order valence-electron chi connectivity index (χ2n) is 5.57. The SMILES string of the molecule is NCc1ccc2c(c1)CC(=O)N2C1CCC(O)CC1. The minimum absolute atomic E-state index is 0.186. The van der Waals surface area contributed by atoms with Gasteiger partial charge in [-0.2, -0.15) is 0 Å². The molecule has 1 aromatic rings. The Hall–Kier alpha value is -1.39. The average Bonchev–Trinajstić information content (AvgIpc) is 2.74. The number of fused-ring (bicyclic) bond motifs is 1. The van der Waals surface area contributed by atoms with Crippen LogP contribution >= 0.6 is 0 Å². The molecule has 1 saturated carbocycles. The van der Waals surface area contributed by atoms with Crippen LogP contribution in [0.25, 0.3) is 0 Å². The molecule has 19 heavy (non-hydrogen) atoms. The highest BCUT2D eigenvalue weighted by atomic mass is 16.3. The van der Waals surface area contributed by atoms with E-state index in [4.69, 9.17) is 5.73 Å². The van der Waals surface area contributed by atoms with Crippen LogP contribution in [0.4, 0.5) is 5.69 Å². The maximum absolute atomic E-state index is 12.2. The van der Waals surface area contributed by atoms with Crippen LogP contribution in [0, 0.1) is 0 Å². The third-order valence-electron chi connectivity index (χ3n) is 4.28. The van der Waals surface area contributed by atoms with Gasteiger partial charge >= 0.3 is 0 Å². The maximum Gasteiger partial charge on any atom is 0.231 e. The molecule has 0 bridgehead atoms. The number of nitrogens with zero attached hydrogens (tertiary/aromatic N) is 1. The van der Waals surface area contributed by atoms with E-state index in [0.29, 0.717) is 13.0 Å². The number of anilines is 1. The summed E-state index contributed by atoms with van der Waals surface area (Å²) in [4.78, 5) is 14.2. The highest BCUT2D eigenvalue weighted by molar-refractivity contribution is 6.02. The Morgan fingerprint density at radius 2 is 2.00 bits per heavy atom. The van der Waals surface area contributed by atoms with Crippen LogP contribution in [0.5, 0.6) is 0 Å². The molecule has 102 valence electrons. The summed E-state index contributed by atoms with van der Waals surface area (Å²) in [5.41, 5.74) is 8.86. The third kappa shape index (κ3) is 2.26. The lowest BCUT2D eigenvalue weighted by molar-refractivity contribution is -0.118. The van der Waals surface area contributed by atoms with Gasteiger partial charge in [0.2, 0.25) is 5.91 Å². The van der Waals surface area contributed by atoms with Gasteiger partial charge in [0.1, 0.15) is 0 Å². The van der Waals surface area contributed by atoms with Gasteiger partial charge in [-0.3, -0.25) is 4.79 Å². The molecular weight excluding hydrogens is 240 g/mol. The fraction of sp³-hybridized carbons (Fsp3) is 0.533. The molecule has 1 aliphatic heterocycles. The molecule has 4 heteroatoms. The minimum atomic E-state index is -0.187. The molecule has 0 radical (unpaired) electrons. The number of carbonyl (C=O) groups excluding carboxylic acids is 1. The van der Waals surface area contributed by atoms with Gasteiger partial charge in [-0.1, -0.05) is 12.1 Å². The van der Waals surface area contributed by atoms with Crippen LogP contribution in [-0.4, -0.2) is 23.2 Å². The number of benzene rings is 1. The van der Waals surface area contributed by atoms with Gasteiger partial charge in [-0.25, -0.2) is 0 Å². The van der Waals surface area contributed by atoms with E-state index in [2.05, 4.69) is 0 Å². The highest BCUT2D eigenvalue weighted by Gasteiger charge is 2.34. The molecular formula is C15H20N2O2. The van der Waals surface area contributed by atoms with Gasteiger partial charge in [-0.05, 0) is 42.9 Å². The smallest absolute Gasteiger partial charge is 0.231 e. The summed E-state index contributed by atoms with van der Waals surface area (Å²) >= 11 is 0. The summed E-state index contributed by atoms with van der Waals surface area (Å²) < 4.78 is 0. The number of rotatable bonds is 2. The Kier molecular flexibility index (Phi) is 3.29. The van der Waals surface area contributed by atoms with Crippen LogP contribution in [-0.2, 0) is 17.8 Å². The normalized spacial score (nSPS) is 26.6. The highest BCUT2D eigenvalue weighted by Crippen LogP contribution is 2.35. The van der Waals surface area contributed by atoms with Crippen LogP contribution < -0.4 is 10.6 Å². The molecule has 0 saturated heterocycles. The first-order chi connectivity index (χ1) is 9.19. The van der Waals surface area contributed by atoms with Gasteiger partial charge in [0, 0.05) is 18.3 Å². The number of carbonyl (C=O) groups is 1. The Morgan fingerprint density at radius 3 is 2.68 bits per heavy atom. The first kappa shape index (κ1) is 12.6. The van der Waals surface area contributed by atoms with Crippen molar-refractivity contribution >= 4 is 11.6 Å². The van der Waals surface area contributed by atoms with Crippen molar-refractivity contribution in [1.29, 1.82) is 0 Å². The molecule has 1 amide bonds. The maximum atomic E-state index is 12.2. The Morgan fingerprint density at radius 1 is 1.26 bits per heavy atom. The van der Waals surface area contributed by atoms with E-state index in [9.17, 15) is 9.90 Å². The molecule has 4 nitrogen and oxygen atoms in total. The van der Waals surface area contributed by atoms with Crippen LogP contribution in [0.2, 0.25) is 0 Å². The summed E-state index contributed by atoms with van der Waals surface area (Å²) in [5.74, 6) is 0.186. The third-order valence-corrected chi connectivity index (χ3v) is 4.28. The van der Waals surface area contributed by atoms with Gasteiger partial charge in [-0.15, -0.1) is 0 Å². The van der Waals surface area contributed by atoms with Crippen LogP contribution in [0.1, 0.15) is 36.8 Å². The molecule has 3 rings (SSSR count). The number of amides is 1. The molecule has 0 spiro atoms. The van der Waals surface area contributed by atoms with Crippen LogP contribution in [0.15, 0.2) is 18.2 Å². The topological polar surface area (TPSA) is 66.6 Å². The molecule has 0 atom stereocenters. The molecule has 0 aromatic heterocycles. The van der Waals surface area contributed by atoms with E-state index in [1.807, 2.05) is 23.1 Å². The number of hydrogen-bond donors (Lipinski definition) is 2. The first-order valence-electron chi connectivity index (χ1n) is 7.01. The fourth-order valence-electron chi connectivity index (χ4n) is 3.24. The number of aliphatic hydroxyl groups is 1. The lowest BCUT2D eigenvalue weighted by Crippen LogP contribution is -2.41. The van der Waals surface area contributed by atoms with Crippen molar-refractivity contribution in [3.05, 3.63) is 29.3 Å². The van der Waals surface area contributed by atoms with Crippen LogP contribution in [0.3, 0.4) is 0 Å². The van der Waals surface area contributed by atoms with Crippen molar-refractivity contribution < 1.29 is 9.90 Å². The monoisotopic (exact) mass is 260 g/mol. The summed E-state index contributed by atoms with van der Waals surface area (Å²) in [6, 6.07) is 6.32. The predicted octanol–water partition coefficient (Wildman–Crippen LogP) is 1.34. The van der Waals surface area contributed by atoms with E-state index in [0.717, 1.165) is 42.5 Å². The molecule has 3 N–H and O–H groups in total. The number of aliphatic hydroxyl groups excluding tert-OH is 1. The molecule has 1 aromatic carbocycles. The van der Waals surface area contributed by atoms with Gasteiger partial charge < -0.3 is 15.7 Å². The van der Waals surface area contributed by atoms with Gasteiger partial charge in [0.05, 0.1) is 12.5 Å². The zero-order valence-corrected chi connectivity index (χ0v) is 11.0. The van der Waals surface area contributed by atoms with E-state index in [1.165, 1.54) is 0 Å². The van der Waals surface area contributed by atoms with E-state index >= 15 is 0 Å². The second-order valence-corrected chi connectivity index (χ2v) is 5.57. The molecule has 1 aliphatic carbocycles. The largest absolute Gasteiger partial charge is 0.393 e. The molecule has 0 unspecified atom stereocenters. The molecule has 2 aliphatic rings. The number of hydrogen-bond acceptors (Lipinski definition) is 3.